The van der Waals surface area contributed by atoms with E-state index in [1.54, 1.807) is 18.2 Å². The van der Waals surface area contributed by atoms with E-state index in [0.29, 0.717) is 11.9 Å². The topological polar surface area (TPSA) is 164 Å². The number of hydrogen-bond acceptors (Lipinski definition) is 7. The molecule has 5 rings (SSSR count). The summed E-state index contributed by atoms with van der Waals surface area (Å²) in [6.07, 6.45) is 1.39. The van der Waals surface area contributed by atoms with E-state index < -0.39 is 42.3 Å². The number of nitrogens with one attached hydrogen (secondary N) is 3. The highest BCUT2D eigenvalue weighted by Crippen LogP contribution is 2.36. The van der Waals surface area contributed by atoms with Crippen molar-refractivity contribution in [3.63, 3.8) is 0 Å². The molecule has 11 heteroatoms. The van der Waals surface area contributed by atoms with Crippen LogP contribution in [0.1, 0.15) is 41.7 Å². The lowest BCUT2D eigenvalue weighted by Gasteiger charge is -2.28. The molecule has 1 aromatic heterocycles. The average Bonchev–Trinajstić information content (AvgIpc) is 3.56. The maximum atomic E-state index is 13.6. The fraction of sp³-hybridized carbons (Fsp3) is 0.306. The monoisotopic (exact) mass is 653 g/mol. The highest BCUT2D eigenvalue weighted by atomic mass is 32.2. The van der Waals surface area contributed by atoms with Crippen LogP contribution in [0.3, 0.4) is 0 Å². The first-order valence-corrected chi connectivity index (χ1v) is 16.8. The van der Waals surface area contributed by atoms with Crippen molar-refractivity contribution in [2.24, 2.45) is 11.7 Å². The number of aliphatic hydroxyl groups is 1. The molecule has 0 aliphatic heterocycles. The number of pyridine rings is 1. The Bertz CT molecular complexity index is 1690. The Hall–Kier alpha value is -4.74. The Labute approximate surface area is 277 Å². The fourth-order valence-corrected chi connectivity index (χ4v) is 7.29. The molecule has 4 aromatic rings. The van der Waals surface area contributed by atoms with E-state index in [2.05, 4.69) is 20.9 Å². The number of amides is 4. The largest absolute Gasteiger partial charge is 0.390 e. The first-order valence-electron chi connectivity index (χ1n) is 15.7. The van der Waals surface area contributed by atoms with Crippen LogP contribution < -0.4 is 21.7 Å². The van der Waals surface area contributed by atoms with Crippen LogP contribution in [-0.2, 0) is 20.8 Å². The lowest BCUT2D eigenvalue weighted by Crippen LogP contribution is -2.54. The zero-order valence-electron chi connectivity index (χ0n) is 25.9. The Balaban J connectivity index is 1.26. The predicted octanol–water partition coefficient (Wildman–Crippen LogP) is 3.84. The molecule has 0 radical (unpaired) electrons. The predicted molar refractivity (Wildman–Crippen MR) is 184 cm³/mol. The summed E-state index contributed by atoms with van der Waals surface area (Å²) < 4.78 is 0. The quantitative estimate of drug-likeness (QED) is 0.138. The lowest BCUT2D eigenvalue weighted by molar-refractivity contribution is -0.128. The zero-order chi connectivity index (χ0) is 33.2. The maximum Gasteiger partial charge on any atom is 0.270 e. The molecule has 5 atom stereocenters. The van der Waals surface area contributed by atoms with Gasteiger partial charge in [0.1, 0.15) is 11.7 Å². The fourth-order valence-electron chi connectivity index (χ4n) is 5.79. The summed E-state index contributed by atoms with van der Waals surface area (Å²) in [7, 11) is 0. The molecule has 0 bridgehead atoms. The highest BCUT2D eigenvalue weighted by molar-refractivity contribution is 8.00. The van der Waals surface area contributed by atoms with Gasteiger partial charge in [-0.15, -0.1) is 0 Å². The number of primary amides is 1. The molecule has 244 valence electrons. The summed E-state index contributed by atoms with van der Waals surface area (Å²) in [4.78, 5) is 56.2. The van der Waals surface area contributed by atoms with Gasteiger partial charge in [0.2, 0.25) is 17.7 Å². The van der Waals surface area contributed by atoms with Gasteiger partial charge in [-0.2, -0.15) is 11.8 Å². The molecule has 3 aromatic carbocycles. The number of anilines is 1. The van der Waals surface area contributed by atoms with E-state index in [1.165, 1.54) is 11.8 Å². The lowest BCUT2D eigenvalue weighted by atomic mass is 10.0. The Kier molecular flexibility index (Phi) is 11.6. The van der Waals surface area contributed by atoms with Crippen LogP contribution in [0, 0.1) is 5.92 Å². The SMILES string of the molecule is NC(=O)C[C@H](NC(=O)c1ccc2ccccc2n1)C(=O)N[C@@H](Cc1ccccc1)[C@H](O)CS[C@@H]1CCC[C@@H]1C(=O)Nc1ccccc1. The van der Waals surface area contributed by atoms with Gasteiger partial charge in [-0.1, -0.05) is 79.2 Å². The average molecular weight is 654 g/mol. The summed E-state index contributed by atoms with van der Waals surface area (Å²) in [5.41, 5.74) is 7.80. The minimum Gasteiger partial charge on any atom is -0.390 e. The third-order valence-electron chi connectivity index (χ3n) is 8.26. The number of nitrogens with two attached hydrogens (primary N) is 1. The number of nitrogens with zero attached hydrogens (tertiary/aromatic N) is 1. The number of aliphatic hydroxyl groups excluding tert-OH is 1. The van der Waals surface area contributed by atoms with E-state index in [-0.39, 0.29) is 28.5 Å². The van der Waals surface area contributed by atoms with Gasteiger partial charge in [-0.3, -0.25) is 19.2 Å². The van der Waals surface area contributed by atoms with Crippen LogP contribution in [-0.4, -0.2) is 62.9 Å². The molecule has 0 unspecified atom stereocenters. The van der Waals surface area contributed by atoms with Crippen molar-refractivity contribution in [3.8, 4) is 0 Å². The number of benzene rings is 3. The molecule has 1 aliphatic carbocycles. The molecule has 47 heavy (non-hydrogen) atoms. The molecular weight excluding hydrogens is 614 g/mol. The van der Waals surface area contributed by atoms with Gasteiger partial charge in [0.05, 0.1) is 30.0 Å². The van der Waals surface area contributed by atoms with Crippen molar-refractivity contribution >= 4 is 52.0 Å². The van der Waals surface area contributed by atoms with E-state index >= 15 is 0 Å². The Morgan fingerprint density at radius 3 is 2.32 bits per heavy atom. The van der Waals surface area contributed by atoms with Crippen molar-refractivity contribution in [2.45, 2.75) is 55.5 Å². The van der Waals surface area contributed by atoms with Crippen molar-refractivity contribution in [2.75, 3.05) is 11.1 Å². The number of fused-ring (bicyclic) bond motifs is 1. The molecular formula is C36H39N5O5S. The second-order valence-electron chi connectivity index (χ2n) is 11.7. The summed E-state index contributed by atoms with van der Waals surface area (Å²) in [5.74, 6) is -2.02. The van der Waals surface area contributed by atoms with Crippen LogP contribution in [0.2, 0.25) is 0 Å². The molecule has 1 fully saturated rings. The minimum absolute atomic E-state index is 0.0118. The van der Waals surface area contributed by atoms with Crippen molar-refractivity contribution in [1.82, 2.24) is 15.6 Å². The summed E-state index contributed by atoms with van der Waals surface area (Å²) in [6.45, 7) is 0. The van der Waals surface area contributed by atoms with Gasteiger partial charge in [-0.05, 0) is 49.1 Å². The third kappa shape index (κ3) is 9.40. The second-order valence-corrected chi connectivity index (χ2v) is 13.0. The van der Waals surface area contributed by atoms with E-state index in [9.17, 15) is 24.3 Å². The zero-order valence-corrected chi connectivity index (χ0v) is 26.7. The standard InChI is InChI=1S/C36H39N5O5S/c37-33(43)21-30(41-35(45)28-19-18-24-12-7-8-16-27(24)39-28)36(46)40-29(20-23-10-3-1-4-11-23)31(42)22-47-32-17-9-15-26(32)34(44)38-25-13-5-2-6-14-25/h1-8,10-14,16,18-19,26,29-32,42H,9,15,17,20-22H2,(H2,37,43)(H,38,44)(H,40,46)(H,41,45)/t26-,29-,30-,31+,32+/m0/s1. The van der Waals surface area contributed by atoms with Crippen molar-refractivity contribution < 1.29 is 24.3 Å². The molecule has 0 saturated heterocycles. The maximum absolute atomic E-state index is 13.6. The third-order valence-corrected chi connectivity index (χ3v) is 9.79. The van der Waals surface area contributed by atoms with Crippen molar-refractivity contribution in [1.29, 1.82) is 0 Å². The normalized spacial score (nSPS) is 17.7. The van der Waals surface area contributed by atoms with Crippen LogP contribution in [0.25, 0.3) is 10.9 Å². The molecule has 1 saturated carbocycles. The first kappa shape index (κ1) is 33.6. The second kappa shape index (κ2) is 16.2. The summed E-state index contributed by atoms with van der Waals surface area (Å²) in [5, 5.41) is 20.8. The minimum atomic E-state index is -1.28. The van der Waals surface area contributed by atoms with E-state index in [4.69, 9.17) is 5.73 Å². The van der Waals surface area contributed by atoms with Crippen LogP contribution in [0.15, 0.2) is 97.1 Å². The van der Waals surface area contributed by atoms with Crippen LogP contribution >= 0.6 is 11.8 Å². The van der Waals surface area contributed by atoms with Crippen molar-refractivity contribution in [3.05, 3.63) is 108 Å². The number of aromatic nitrogens is 1. The van der Waals surface area contributed by atoms with Crippen LogP contribution in [0.5, 0.6) is 0 Å². The number of thioether (sulfide) groups is 1. The van der Waals surface area contributed by atoms with Crippen LogP contribution in [0.4, 0.5) is 5.69 Å². The molecule has 4 amide bonds. The first-order chi connectivity index (χ1) is 22.8. The Morgan fingerprint density at radius 2 is 1.57 bits per heavy atom. The molecule has 10 nitrogen and oxygen atoms in total. The number of carbonyl (C=O) groups is 4. The van der Waals surface area contributed by atoms with E-state index in [0.717, 1.165) is 35.9 Å². The van der Waals surface area contributed by atoms with Gasteiger partial charge in [0.25, 0.3) is 5.91 Å². The number of carbonyl (C=O) groups excluding carboxylic acids is 4. The number of rotatable bonds is 14. The highest BCUT2D eigenvalue weighted by Gasteiger charge is 2.35. The van der Waals surface area contributed by atoms with Gasteiger partial charge in [0.15, 0.2) is 0 Å². The summed E-state index contributed by atoms with van der Waals surface area (Å²) >= 11 is 1.52. The van der Waals surface area contributed by atoms with Gasteiger partial charge >= 0.3 is 0 Å². The molecule has 6 N–H and O–H groups in total. The summed E-state index contributed by atoms with van der Waals surface area (Å²) in [6, 6.07) is 27.3. The smallest absolute Gasteiger partial charge is 0.270 e. The molecule has 1 heterocycles. The van der Waals surface area contributed by atoms with Gasteiger partial charge in [-0.25, -0.2) is 4.98 Å². The van der Waals surface area contributed by atoms with Gasteiger partial charge in [0, 0.05) is 22.1 Å². The van der Waals surface area contributed by atoms with Gasteiger partial charge < -0.3 is 26.8 Å². The Morgan fingerprint density at radius 1 is 0.872 bits per heavy atom. The van der Waals surface area contributed by atoms with E-state index in [1.807, 2.05) is 78.9 Å². The number of para-hydroxylation sites is 2. The number of hydrogen-bond donors (Lipinski definition) is 5. The molecule has 0 spiro atoms. The molecule has 1 aliphatic rings.